The molecule has 36 heavy (non-hydrogen) atoms. The van der Waals surface area contributed by atoms with E-state index in [1.165, 1.54) is 0 Å². The van der Waals surface area contributed by atoms with E-state index >= 15 is 0 Å². The minimum absolute atomic E-state index is 0.00856. The lowest BCUT2D eigenvalue weighted by molar-refractivity contribution is -0.148. The molecule has 0 fully saturated rings. The van der Waals surface area contributed by atoms with E-state index < -0.39 is 32.6 Å². The number of hydrogen-bond donors (Lipinski definition) is 3. The van der Waals surface area contributed by atoms with Crippen LogP contribution in [0.4, 0.5) is 11.4 Å². The molecule has 0 spiro atoms. The maximum Gasteiger partial charge on any atom is 0.470 e. The second-order valence-corrected chi connectivity index (χ2v) is 9.73. The van der Waals surface area contributed by atoms with Crippen LogP contribution < -0.4 is 9.80 Å². The van der Waals surface area contributed by atoms with Crippen LogP contribution in [0.3, 0.4) is 0 Å². The molecule has 3 N–H and O–H groups in total. The van der Waals surface area contributed by atoms with Gasteiger partial charge in [-0.1, -0.05) is 24.3 Å². The first kappa shape index (κ1) is 27.5. The van der Waals surface area contributed by atoms with Gasteiger partial charge in [0.25, 0.3) is 0 Å². The SMILES string of the molecule is CN(C)c1ccc(COC2=C(OCc3ccc(N(C)C)cc3)[C@@H]([C@H](CO)OP(=O)(O)O)OC2=O)cc1. The summed E-state index contributed by atoms with van der Waals surface area (Å²) < 4.78 is 32.9. The number of hydrogen-bond acceptors (Lipinski definition) is 9. The molecular weight excluding hydrogens is 491 g/mol. The summed E-state index contributed by atoms with van der Waals surface area (Å²) in [5.74, 6) is -1.26. The lowest BCUT2D eigenvalue weighted by Crippen LogP contribution is -2.34. The van der Waals surface area contributed by atoms with Crippen LogP contribution in [0.1, 0.15) is 11.1 Å². The molecule has 3 rings (SSSR count). The molecule has 1 heterocycles. The first-order valence-corrected chi connectivity index (χ1v) is 12.6. The number of carbonyl (C=O) groups excluding carboxylic acids is 1. The zero-order chi connectivity index (χ0) is 26.5. The number of carbonyl (C=O) groups is 1. The Morgan fingerprint density at radius 3 is 1.78 bits per heavy atom. The second-order valence-electron chi connectivity index (χ2n) is 8.54. The summed E-state index contributed by atoms with van der Waals surface area (Å²) in [6.45, 7) is -0.820. The topological polar surface area (TPSA) is 138 Å². The van der Waals surface area contributed by atoms with Gasteiger partial charge in [0.15, 0.2) is 11.9 Å². The average molecular weight is 522 g/mol. The predicted molar refractivity (Wildman–Crippen MR) is 132 cm³/mol. The van der Waals surface area contributed by atoms with Crippen molar-refractivity contribution in [1.82, 2.24) is 0 Å². The summed E-state index contributed by atoms with van der Waals surface area (Å²) in [7, 11) is 2.65. The van der Waals surface area contributed by atoms with Crippen LogP contribution in [0.25, 0.3) is 0 Å². The second kappa shape index (κ2) is 11.8. The van der Waals surface area contributed by atoms with Gasteiger partial charge in [0, 0.05) is 39.6 Å². The fourth-order valence-electron chi connectivity index (χ4n) is 3.43. The van der Waals surface area contributed by atoms with E-state index in [-0.39, 0.29) is 24.7 Å². The fourth-order valence-corrected chi connectivity index (χ4v) is 3.96. The van der Waals surface area contributed by atoms with Gasteiger partial charge in [-0.05, 0) is 35.4 Å². The summed E-state index contributed by atoms with van der Waals surface area (Å²) in [6.07, 6.45) is -2.98. The maximum atomic E-state index is 12.6. The molecule has 1 aliphatic rings. The van der Waals surface area contributed by atoms with Crippen molar-refractivity contribution in [3.8, 4) is 0 Å². The first-order valence-electron chi connectivity index (χ1n) is 11.1. The van der Waals surface area contributed by atoms with E-state index in [4.69, 9.17) is 14.2 Å². The van der Waals surface area contributed by atoms with Crippen LogP contribution in [0.2, 0.25) is 0 Å². The third-order valence-corrected chi connectivity index (χ3v) is 5.92. The lowest BCUT2D eigenvalue weighted by atomic mass is 10.1. The molecule has 2 atom stereocenters. The lowest BCUT2D eigenvalue weighted by Gasteiger charge is -2.23. The minimum atomic E-state index is -5.00. The molecule has 196 valence electrons. The molecule has 0 bridgehead atoms. The number of aliphatic hydroxyl groups excluding tert-OH is 1. The Kier molecular flexibility index (Phi) is 8.99. The van der Waals surface area contributed by atoms with Crippen molar-refractivity contribution in [2.75, 3.05) is 44.6 Å². The smallest absolute Gasteiger partial charge is 0.470 e. The van der Waals surface area contributed by atoms with Crippen LogP contribution in [0, 0.1) is 0 Å². The summed E-state index contributed by atoms with van der Waals surface area (Å²) in [6, 6.07) is 14.9. The normalized spacial score (nSPS) is 16.5. The van der Waals surface area contributed by atoms with Gasteiger partial charge in [0.2, 0.25) is 5.76 Å². The maximum absolute atomic E-state index is 12.6. The van der Waals surface area contributed by atoms with Crippen molar-refractivity contribution in [3.05, 3.63) is 71.2 Å². The number of benzene rings is 2. The molecule has 1 aliphatic heterocycles. The van der Waals surface area contributed by atoms with E-state index in [0.29, 0.717) is 0 Å². The van der Waals surface area contributed by atoms with Crippen molar-refractivity contribution in [2.24, 2.45) is 0 Å². The summed E-state index contributed by atoms with van der Waals surface area (Å²) in [5, 5.41) is 9.70. The largest absolute Gasteiger partial charge is 0.485 e. The third-order valence-electron chi connectivity index (χ3n) is 5.37. The van der Waals surface area contributed by atoms with Crippen molar-refractivity contribution in [2.45, 2.75) is 25.4 Å². The van der Waals surface area contributed by atoms with E-state index in [1.807, 2.05) is 86.5 Å². The monoisotopic (exact) mass is 522 g/mol. The third kappa shape index (κ3) is 7.22. The van der Waals surface area contributed by atoms with Gasteiger partial charge >= 0.3 is 13.8 Å². The van der Waals surface area contributed by atoms with Gasteiger partial charge in [-0.2, -0.15) is 0 Å². The molecule has 0 aliphatic carbocycles. The minimum Gasteiger partial charge on any atom is -0.485 e. The van der Waals surface area contributed by atoms with Gasteiger partial charge in [-0.25, -0.2) is 9.36 Å². The highest BCUT2D eigenvalue weighted by Gasteiger charge is 2.45. The van der Waals surface area contributed by atoms with Crippen molar-refractivity contribution >= 4 is 25.2 Å². The van der Waals surface area contributed by atoms with Crippen molar-refractivity contribution < 1.29 is 43.0 Å². The van der Waals surface area contributed by atoms with Crippen molar-refractivity contribution in [3.63, 3.8) is 0 Å². The molecule has 0 saturated heterocycles. The number of cyclic esters (lactones) is 1. The Balaban J connectivity index is 1.84. The van der Waals surface area contributed by atoms with Crippen LogP contribution in [0.5, 0.6) is 0 Å². The van der Waals surface area contributed by atoms with Gasteiger partial charge < -0.3 is 38.9 Å². The molecule has 11 nitrogen and oxygen atoms in total. The molecule has 0 radical (unpaired) electrons. The fraction of sp³-hybridized carbons (Fsp3) is 0.375. The summed E-state index contributed by atoms with van der Waals surface area (Å²) >= 11 is 0. The van der Waals surface area contributed by atoms with Crippen molar-refractivity contribution in [1.29, 1.82) is 0 Å². The summed E-state index contributed by atoms with van der Waals surface area (Å²) in [4.78, 5) is 35.0. The van der Waals surface area contributed by atoms with Gasteiger partial charge in [-0.3, -0.25) is 4.52 Å². The highest BCUT2D eigenvalue weighted by Crippen LogP contribution is 2.41. The number of ether oxygens (including phenoxy) is 3. The number of rotatable bonds is 12. The molecule has 0 saturated carbocycles. The molecular formula is C24H31N2O9P. The molecule has 2 aromatic carbocycles. The number of phosphoric ester groups is 1. The quantitative estimate of drug-likeness (QED) is 0.279. The predicted octanol–water partition coefficient (Wildman–Crippen LogP) is 2.16. The zero-order valence-electron chi connectivity index (χ0n) is 20.5. The summed E-state index contributed by atoms with van der Waals surface area (Å²) in [5.41, 5.74) is 3.51. The van der Waals surface area contributed by atoms with E-state index in [9.17, 15) is 24.3 Å². The first-order chi connectivity index (χ1) is 17.0. The Morgan fingerprint density at radius 1 is 0.889 bits per heavy atom. The number of nitrogens with zero attached hydrogens (tertiary/aromatic N) is 2. The number of esters is 1. The molecule has 0 unspecified atom stereocenters. The van der Waals surface area contributed by atoms with Crippen LogP contribution in [-0.2, 0) is 41.3 Å². The van der Waals surface area contributed by atoms with E-state index in [1.54, 1.807) is 0 Å². The number of anilines is 2. The van der Waals surface area contributed by atoms with Gasteiger partial charge in [0.05, 0.1) is 6.61 Å². The van der Waals surface area contributed by atoms with Gasteiger partial charge in [-0.15, -0.1) is 0 Å². The Hall–Kier alpha value is -3.08. The highest BCUT2D eigenvalue weighted by atomic mass is 31.2. The van der Waals surface area contributed by atoms with Gasteiger partial charge in [0.1, 0.15) is 19.3 Å². The number of phosphoric acid groups is 1. The van der Waals surface area contributed by atoms with Crippen LogP contribution in [-0.4, -0.2) is 67.9 Å². The molecule has 2 aromatic rings. The van der Waals surface area contributed by atoms with E-state index in [2.05, 4.69) is 4.52 Å². The Labute approximate surface area is 209 Å². The Bertz CT molecular complexity index is 1110. The Morgan fingerprint density at radius 2 is 1.36 bits per heavy atom. The number of aliphatic hydroxyl groups is 1. The van der Waals surface area contributed by atoms with E-state index in [0.717, 1.165) is 22.5 Å². The van der Waals surface area contributed by atoms with Crippen LogP contribution in [0.15, 0.2) is 60.0 Å². The van der Waals surface area contributed by atoms with Crippen LogP contribution >= 0.6 is 7.82 Å². The highest BCUT2D eigenvalue weighted by molar-refractivity contribution is 7.46. The zero-order valence-corrected chi connectivity index (χ0v) is 21.4. The molecule has 12 heteroatoms. The standard InChI is InChI=1S/C24H31N2O9P/c1-25(2)18-9-5-16(6-10-18)14-32-22-21(20(13-27)35-36(29,30)31)34-24(28)23(22)33-15-17-7-11-19(12-8-17)26(3)4/h5-12,20-21,27H,13-15H2,1-4H3,(H2,29,30,31)/t20-,21+/m0/s1. The average Bonchev–Trinajstić information content (AvgIpc) is 3.14. The molecule has 0 aromatic heterocycles. The molecule has 0 amide bonds.